The predicted octanol–water partition coefficient (Wildman–Crippen LogP) is 6.30. The summed E-state index contributed by atoms with van der Waals surface area (Å²) in [6, 6.07) is 50.2. The van der Waals surface area contributed by atoms with E-state index in [1.807, 2.05) is 140 Å². The van der Waals surface area contributed by atoms with Crippen LogP contribution in [0.25, 0.3) is 0 Å². The molecule has 15 heteroatoms. The number of nitrogens with zero attached hydrogens (tertiary/aromatic N) is 5. The third-order valence-electron chi connectivity index (χ3n) is 10.2. The maximum atomic E-state index is 9.50. The second kappa shape index (κ2) is 32.4. The average molecular weight is 898 g/mol. The van der Waals surface area contributed by atoms with E-state index in [2.05, 4.69) is 36.6 Å². The Morgan fingerprint density at radius 2 is 0.385 bits per heavy atom. The van der Waals surface area contributed by atoms with Gasteiger partial charge in [-0.3, -0.25) is 0 Å². The SMILES string of the molecule is OCCN(CCOOCCN(CCOOCCN(CCOOCCN(CCOOCCN(CCO)c1ccccc1)c1ccccc1)c1ccccc1)c1ccccc1)c1ccccc1. The summed E-state index contributed by atoms with van der Waals surface area (Å²) in [5.74, 6) is 0. The van der Waals surface area contributed by atoms with Gasteiger partial charge in [0.15, 0.2) is 0 Å². The Hall–Kier alpha value is -5.30. The largest absolute Gasteiger partial charge is 0.395 e. The summed E-state index contributed by atoms with van der Waals surface area (Å²) in [4.78, 5) is 55.3. The van der Waals surface area contributed by atoms with Gasteiger partial charge in [-0.1, -0.05) is 91.0 Å². The van der Waals surface area contributed by atoms with E-state index in [9.17, 15) is 10.2 Å². The molecule has 5 aromatic rings. The van der Waals surface area contributed by atoms with Crippen molar-refractivity contribution in [3.63, 3.8) is 0 Å². The average Bonchev–Trinajstić information content (AvgIpc) is 3.36. The zero-order valence-electron chi connectivity index (χ0n) is 37.5. The fraction of sp³-hybridized carbons (Fsp3) is 0.400. The van der Waals surface area contributed by atoms with Gasteiger partial charge in [-0.25, -0.2) is 39.1 Å². The number of benzene rings is 5. The first-order chi connectivity index (χ1) is 32.2. The zero-order valence-corrected chi connectivity index (χ0v) is 37.5. The summed E-state index contributed by atoms with van der Waals surface area (Å²) >= 11 is 0. The summed E-state index contributed by atoms with van der Waals surface area (Å²) in [6.07, 6.45) is 0. The van der Waals surface area contributed by atoms with Crippen LogP contribution in [0.1, 0.15) is 0 Å². The Kier molecular flexibility index (Phi) is 25.2. The third kappa shape index (κ3) is 20.2. The van der Waals surface area contributed by atoms with Crippen molar-refractivity contribution in [3.05, 3.63) is 152 Å². The molecular weight excluding hydrogens is 831 g/mol. The second-order valence-corrected chi connectivity index (χ2v) is 14.6. The van der Waals surface area contributed by atoms with Crippen molar-refractivity contribution in [2.45, 2.75) is 0 Å². The molecule has 0 bridgehead atoms. The van der Waals surface area contributed by atoms with Gasteiger partial charge >= 0.3 is 0 Å². The lowest BCUT2D eigenvalue weighted by atomic mass is 10.3. The van der Waals surface area contributed by atoms with E-state index in [0.29, 0.717) is 118 Å². The van der Waals surface area contributed by atoms with E-state index in [1.54, 1.807) is 0 Å². The number of para-hydroxylation sites is 5. The molecule has 352 valence electrons. The predicted molar refractivity (Wildman–Crippen MR) is 255 cm³/mol. The fourth-order valence-electron chi connectivity index (χ4n) is 6.94. The summed E-state index contributed by atoms with van der Waals surface area (Å²) in [5.41, 5.74) is 5.17. The first-order valence-electron chi connectivity index (χ1n) is 22.4. The Balaban J connectivity index is 0.966. The zero-order chi connectivity index (χ0) is 45.3. The van der Waals surface area contributed by atoms with Crippen LogP contribution in [0.15, 0.2) is 152 Å². The summed E-state index contributed by atoms with van der Waals surface area (Å²) in [5, 5.41) is 19.0. The van der Waals surface area contributed by atoms with E-state index >= 15 is 0 Å². The summed E-state index contributed by atoms with van der Waals surface area (Å²) in [6.45, 7) is 8.67. The van der Waals surface area contributed by atoms with Gasteiger partial charge in [0.25, 0.3) is 0 Å². The Bertz CT molecular complexity index is 1740. The number of anilines is 5. The van der Waals surface area contributed by atoms with Gasteiger partial charge in [0.05, 0.1) is 66.1 Å². The number of hydrogen-bond donors (Lipinski definition) is 2. The van der Waals surface area contributed by atoms with Gasteiger partial charge in [0.1, 0.15) is 0 Å². The Morgan fingerprint density at radius 3 is 0.538 bits per heavy atom. The Morgan fingerprint density at radius 1 is 0.231 bits per heavy atom. The minimum Gasteiger partial charge on any atom is -0.395 e. The van der Waals surface area contributed by atoms with E-state index in [-0.39, 0.29) is 13.2 Å². The molecule has 0 radical (unpaired) electrons. The monoisotopic (exact) mass is 897 g/mol. The van der Waals surface area contributed by atoms with Crippen LogP contribution in [0.5, 0.6) is 0 Å². The van der Waals surface area contributed by atoms with Gasteiger partial charge in [-0.15, -0.1) is 0 Å². The van der Waals surface area contributed by atoms with Crippen LogP contribution < -0.4 is 24.5 Å². The standard InChI is InChI=1S/C50H67N5O10/c56-36-26-51(46-16-6-1-7-17-46)28-38-58-60-40-30-53(48-20-10-3-11-21-48)32-42-62-64-44-34-55(50-24-14-5-15-25-50)35-45-65-63-43-33-54(49-22-12-4-13-23-49)31-41-61-59-39-29-52(27-37-57)47-18-8-2-9-19-47/h1-25,56-57H,26-45H2. The molecule has 0 fully saturated rings. The maximum absolute atomic E-state index is 9.50. The molecule has 2 N–H and O–H groups in total. The van der Waals surface area contributed by atoms with Crippen molar-refractivity contribution in [1.29, 1.82) is 0 Å². The highest BCUT2D eigenvalue weighted by Crippen LogP contribution is 2.17. The molecule has 0 amide bonds. The van der Waals surface area contributed by atoms with Gasteiger partial charge in [-0.05, 0) is 60.7 Å². The van der Waals surface area contributed by atoms with E-state index in [1.165, 1.54) is 0 Å². The highest BCUT2D eigenvalue weighted by atomic mass is 17.2. The topological polar surface area (TPSA) is 130 Å². The molecule has 0 aliphatic heterocycles. The molecule has 65 heavy (non-hydrogen) atoms. The van der Waals surface area contributed by atoms with E-state index in [0.717, 1.165) is 28.4 Å². The molecule has 0 heterocycles. The molecule has 0 spiro atoms. The third-order valence-corrected chi connectivity index (χ3v) is 10.2. The van der Waals surface area contributed by atoms with Gasteiger partial charge in [-0.2, -0.15) is 0 Å². The van der Waals surface area contributed by atoms with Crippen LogP contribution in [0, 0.1) is 0 Å². The number of rotatable bonds is 37. The molecule has 5 aromatic carbocycles. The van der Waals surface area contributed by atoms with Crippen molar-refractivity contribution in [3.8, 4) is 0 Å². The van der Waals surface area contributed by atoms with Gasteiger partial charge < -0.3 is 34.7 Å². The molecule has 0 saturated heterocycles. The molecule has 0 unspecified atom stereocenters. The molecule has 0 aliphatic carbocycles. The lowest BCUT2D eigenvalue weighted by Crippen LogP contribution is -2.33. The lowest BCUT2D eigenvalue weighted by molar-refractivity contribution is -0.294. The molecular formula is C50H67N5O10. The van der Waals surface area contributed by atoms with Crippen LogP contribution in [-0.2, 0) is 39.1 Å². The van der Waals surface area contributed by atoms with Crippen LogP contribution >= 0.6 is 0 Å². The molecule has 0 aromatic heterocycles. The molecule has 5 rings (SSSR count). The summed E-state index contributed by atoms with van der Waals surface area (Å²) < 4.78 is 0. The second-order valence-electron chi connectivity index (χ2n) is 14.6. The maximum Gasteiger partial charge on any atom is 0.0997 e. The minimum absolute atomic E-state index is 0.0560. The molecule has 15 nitrogen and oxygen atoms in total. The highest BCUT2D eigenvalue weighted by molar-refractivity contribution is 5.49. The highest BCUT2D eigenvalue weighted by Gasteiger charge is 2.12. The molecule has 0 atom stereocenters. The minimum atomic E-state index is 0.0560. The number of aliphatic hydroxyl groups excluding tert-OH is 2. The number of hydrogen-bond acceptors (Lipinski definition) is 15. The smallest absolute Gasteiger partial charge is 0.0997 e. The van der Waals surface area contributed by atoms with Crippen molar-refractivity contribution in [2.75, 3.05) is 156 Å². The van der Waals surface area contributed by atoms with Crippen molar-refractivity contribution in [2.24, 2.45) is 0 Å². The van der Waals surface area contributed by atoms with Gasteiger partial charge in [0, 0.05) is 93.9 Å². The van der Waals surface area contributed by atoms with E-state index in [4.69, 9.17) is 39.1 Å². The quantitative estimate of drug-likeness (QED) is 0.0263. The summed E-state index contributed by atoms with van der Waals surface area (Å²) in [7, 11) is 0. The lowest BCUT2D eigenvalue weighted by Gasteiger charge is -2.26. The van der Waals surface area contributed by atoms with E-state index < -0.39 is 0 Å². The normalized spacial score (nSPS) is 11.1. The fourth-order valence-corrected chi connectivity index (χ4v) is 6.94. The van der Waals surface area contributed by atoms with Crippen LogP contribution in [0.4, 0.5) is 28.4 Å². The van der Waals surface area contributed by atoms with Crippen molar-refractivity contribution < 1.29 is 49.3 Å². The molecule has 0 aliphatic rings. The first kappa shape index (κ1) is 50.7. The Labute approximate surface area is 384 Å². The van der Waals surface area contributed by atoms with Crippen LogP contribution in [-0.4, -0.2) is 142 Å². The van der Waals surface area contributed by atoms with Crippen LogP contribution in [0.2, 0.25) is 0 Å². The van der Waals surface area contributed by atoms with Crippen molar-refractivity contribution >= 4 is 28.4 Å². The van der Waals surface area contributed by atoms with Crippen molar-refractivity contribution in [1.82, 2.24) is 0 Å². The molecule has 0 saturated carbocycles. The van der Waals surface area contributed by atoms with Gasteiger partial charge in [0.2, 0.25) is 0 Å². The number of aliphatic hydroxyl groups is 2. The van der Waals surface area contributed by atoms with Crippen LogP contribution in [0.3, 0.4) is 0 Å². The first-order valence-corrected chi connectivity index (χ1v) is 22.4.